The molecule has 5 nitrogen and oxygen atoms in total. The average Bonchev–Trinajstić information content (AvgIpc) is 2.57. The Labute approximate surface area is 150 Å². The van der Waals surface area contributed by atoms with E-state index >= 15 is 0 Å². The molecule has 2 aromatic rings. The molecule has 0 radical (unpaired) electrons. The molecule has 126 valence electrons. The third-order valence-corrected chi connectivity index (χ3v) is 4.32. The van der Waals surface area contributed by atoms with Gasteiger partial charge in [-0.1, -0.05) is 26.8 Å². The van der Waals surface area contributed by atoms with Crippen molar-refractivity contribution in [3.63, 3.8) is 0 Å². The van der Waals surface area contributed by atoms with Gasteiger partial charge in [0.15, 0.2) is 0 Å². The van der Waals surface area contributed by atoms with Gasteiger partial charge in [-0.05, 0) is 52.7 Å². The molecule has 0 spiro atoms. The SMILES string of the molecule is CCC(C)(C)C(=O)Nc1cccc(C(=O)Nc2ccc(Br)cn2)c1. The molecule has 0 fully saturated rings. The summed E-state index contributed by atoms with van der Waals surface area (Å²) in [7, 11) is 0. The normalized spacial score (nSPS) is 11.0. The molecule has 0 saturated heterocycles. The minimum Gasteiger partial charge on any atom is -0.326 e. The molecule has 0 aliphatic heterocycles. The van der Waals surface area contributed by atoms with Crippen molar-refractivity contribution in [2.24, 2.45) is 5.41 Å². The number of nitrogens with zero attached hydrogens (tertiary/aromatic N) is 1. The van der Waals surface area contributed by atoms with Gasteiger partial charge in [0.05, 0.1) is 0 Å². The molecule has 1 aromatic heterocycles. The standard InChI is InChI=1S/C18H20BrN3O2/c1-4-18(2,3)17(24)21-14-7-5-6-12(10-14)16(23)22-15-9-8-13(19)11-20-15/h5-11H,4H2,1-3H3,(H,21,24)(H,20,22,23). The van der Waals surface area contributed by atoms with Gasteiger partial charge in [-0.3, -0.25) is 9.59 Å². The Morgan fingerprint density at radius 1 is 1.17 bits per heavy atom. The smallest absolute Gasteiger partial charge is 0.256 e. The molecule has 24 heavy (non-hydrogen) atoms. The van der Waals surface area contributed by atoms with Crippen LogP contribution in [0.4, 0.5) is 11.5 Å². The van der Waals surface area contributed by atoms with Gasteiger partial charge in [-0.15, -0.1) is 0 Å². The largest absolute Gasteiger partial charge is 0.326 e. The predicted molar refractivity (Wildman–Crippen MR) is 99.0 cm³/mol. The second-order valence-corrected chi connectivity index (χ2v) is 7.00. The van der Waals surface area contributed by atoms with E-state index in [1.807, 2.05) is 20.8 Å². The number of hydrogen-bond donors (Lipinski definition) is 2. The number of carbonyl (C=O) groups is 2. The molecule has 1 heterocycles. The Morgan fingerprint density at radius 2 is 1.92 bits per heavy atom. The molecule has 2 rings (SSSR count). The van der Waals surface area contributed by atoms with E-state index in [4.69, 9.17) is 0 Å². The molecule has 0 atom stereocenters. The molecule has 0 aliphatic carbocycles. The van der Waals surface area contributed by atoms with Gasteiger partial charge in [0.25, 0.3) is 5.91 Å². The van der Waals surface area contributed by atoms with Crippen molar-refractivity contribution < 1.29 is 9.59 Å². The molecule has 6 heteroatoms. The lowest BCUT2D eigenvalue weighted by Crippen LogP contribution is -2.30. The van der Waals surface area contributed by atoms with E-state index in [1.54, 1.807) is 42.6 Å². The molecule has 0 saturated carbocycles. The molecule has 0 bridgehead atoms. The lowest BCUT2D eigenvalue weighted by molar-refractivity contribution is -0.124. The molecule has 2 N–H and O–H groups in total. The summed E-state index contributed by atoms with van der Waals surface area (Å²) in [6.45, 7) is 5.74. The Kier molecular flexibility index (Phi) is 5.72. The van der Waals surface area contributed by atoms with Crippen LogP contribution in [0, 0.1) is 5.41 Å². The number of halogens is 1. The summed E-state index contributed by atoms with van der Waals surface area (Å²) in [5.74, 6) is 0.109. The van der Waals surface area contributed by atoms with E-state index in [2.05, 4.69) is 31.5 Å². The van der Waals surface area contributed by atoms with Gasteiger partial charge in [0, 0.05) is 27.3 Å². The van der Waals surface area contributed by atoms with Crippen LogP contribution in [0.15, 0.2) is 47.1 Å². The molecule has 1 aromatic carbocycles. The first-order chi connectivity index (χ1) is 11.3. The van der Waals surface area contributed by atoms with E-state index in [-0.39, 0.29) is 11.8 Å². The number of anilines is 2. The molecular formula is C18H20BrN3O2. The Balaban J connectivity index is 2.10. The van der Waals surface area contributed by atoms with Crippen molar-refractivity contribution in [2.75, 3.05) is 10.6 Å². The Hall–Kier alpha value is -2.21. The fraction of sp³-hybridized carbons (Fsp3) is 0.278. The number of benzene rings is 1. The maximum absolute atomic E-state index is 12.3. The van der Waals surface area contributed by atoms with Crippen LogP contribution in [0.3, 0.4) is 0 Å². The number of nitrogens with one attached hydrogen (secondary N) is 2. The van der Waals surface area contributed by atoms with Crippen molar-refractivity contribution in [1.82, 2.24) is 4.98 Å². The minimum atomic E-state index is -0.459. The van der Waals surface area contributed by atoms with Gasteiger partial charge in [0.1, 0.15) is 5.82 Å². The predicted octanol–water partition coefficient (Wildman–Crippen LogP) is 4.47. The van der Waals surface area contributed by atoms with Crippen LogP contribution in [0.1, 0.15) is 37.6 Å². The van der Waals surface area contributed by atoms with Crippen LogP contribution in [0.2, 0.25) is 0 Å². The second kappa shape index (κ2) is 7.57. The zero-order valence-corrected chi connectivity index (χ0v) is 15.5. The van der Waals surface area contributed by atoms with Gasteiger partial charge < -0.3 is 10.6 Å². The Morgan fingerprint density at radius 3 is 2.54 bits per heavy atom. The van der Waals surface area contributed by atoms with Crippen LogP contribution in [0.5, 0.6) is 0 Å². The number of carbonyl (C=O) groups excluding carboxylic acids is 2. The highest BCUT2D eigenvalue weighted by molar-refractivity contribution is 9.10. The Bertz CT molecular complexity index is 742. The lowest BCUT2D eigenvalue weighted by atomic mass is 9.89. The monoisotopic (exact) mass is 389 g/mol. The number of amides is 2. The third kappa shape index (κ3) is 4.64. The third-order valence-electron chi connectivity index (χ3n) is 3.85. The maximum Gasteiger partial charge on any atom is 0.256 e. The highest BCUT2D eigenvalue weighted by atomic mass is 79.9. The van der Waals surface area contributed by atoms with Crippen LogP contribution >= 0.6 is 15.9 Å². The highest BCUT2D eigenvalue weighted by Gasteiger charge is 2.25. The number of rotatable bonds is 5. The van der Waals surface area contributed by atoms with Crippen molar-refractivity contribution in [2.45, 2.75) is 27.2 Å². The lowest BCUT2D eigenvalue weighted by Gasteiger charge is -2.21. The number of aromatic nitrogens is 1. The maximum atomic E-state index is 12.3. The summed E-state index contributed by atoms with van der Waals surface area (Å²) in [6, 6.07) is 10.3. The van der Waals surface area contributed by atoms with Crippen molar-refractivity contribution in [3.8, 4) is 0 Å². The van der Waals surface area contributed by atoms with E-state index in [1.165, 1.54) is 0 Å². The summed E-state index contributed by atoms with van der Waals surface area (Å²) in [4.78, 5) is 28.7. The molecule has 0 aliphatic rings. The van der Waals surface area contributed by atoms with Crippen LogP contribution in [0.25, 0.3) is 0 Å². The summed E-state index contributed by atoms with van der Waals surface area (Å²) < 4.78 is 0.837. The van der Waals surface area contributed by atoms with Gasteiger partial charge in [-0.25, -0.2) is 4.98 Å². The van der Waals surface area contributed by atoms with Crippen molar-refractivity contribution >= 4 is 39.2 Å². The molecule has 0 unspecified atom stereocenters. The van der Waals surface area contributed by atoms with Gasteiger partial charge in [-0.2, -0.15) is 0 Å². The van der Waals surface area contributed by atoms with Crippen LogP contribution < -0.4 is 10.6 Å². The van der Waals surface area contributed by atoms with Crippen LogP contribution in [-0.4, -0.2) is 16.8 Å². The van der Waals surface area contributed by atoms with Crippen molar-refractivity contribution in [1.29, 1.82) is 0 Å². The van der Waals surface area contributed by atoms with E-state index < -0.39 is 5.41 Å². The number of pyridine rings is 1. The van der Waals surface area contributed by atoms with E-state index in [0.29, 0.717) is 17.1 Å². The molecular weight excluding hydrogens is 370 g/mol. The first-order valence-corrected chi connectivity index (χ1v) is 8.45. The fourth-order valence-electron chi connectivity index (χ4n) is 1.84. The zero-order chi connectivity index (χ0) is 17.7. The fourth-order valence-corrected chi connectivity index (χ4v) is 2.07. The van der Waals surface area contributed by atoms with E-state index in [0.717, 1.165) is 10.9 Å². The minimum absolute atomic E-state index is 0.0721. The summed E-state index contributed by atoms with van der Waals surface area (Å²) >= 11 is 3.30. The number of hydrogen-bond acceptors (Lipinski definition) is 3. The van der Waals surface area contributed by atoms with Gasteiger partial charge >= 0.3 is 0 Å². The average molecular weight is 390 g/mol. The van der Waals surface area contributed by atoms with E-state index in [9.17, 15) is 9.59 Å². The van der Waals surface area contributed by atoms with Crippen molar-refractivity contribution in [3.05, 3.63) is 52.6 Å². The summed E-state index contributed by atoms with van der Waals surface area (Å²) in [5.41, 5.74) is 0.587. The summed E-state index contributed by atoms with van der Waals surface area (Å²) in [6.07, 6.45) is 2.34. The summed E-state index contributed by atoms with van der Waals surface area (Å²) in [5, 5.41) is 5.58. The first kappa shape index (κ1) is 18.1. The topological polar surface area (TPSA) is 71.1 Å². The van der Waals surface area contributed by atoms with Crippen LogP contribution in [-0.2, 0) is 4.79 Å². The van der Waals surface area contributed by atoms with Gasteiger partial charge in [0.2, 0.25) is 5.91 Å². The zero-order valence-electron chi connectivity index (χ0n) is 13.9. The molecule has 2 amide bonds. The highest BCUT2D eigenvalue weighted by Crippen LogP contribution is 2.23. The first-order valence-electron chi connectivity index (χ1n) is 7.66. The second-order valence-electron chi connectivity index (χ2n) is 6.09. The quantitative estimate of drug-likeness (QED) is 0.791.